The van der Waals surface area contributed by atoms with Crippen molar-refractivity contribution in [1.82, 2.24) is 5.32 Å². The first kappa shape index (κ1) is 13.3. The number of rotatable bonds is 7. The summed E-state index contributed by atoms with van der Waals surface area (Å²) in [6, 6.07) is 7.05. The van der Waals surface area contributed by atoms with Crippen molar-refractivity contribution in [3.05, 3.63) is 24.3 Å². The summed E-state index contributed by atoms with van der Waals surface area (Å²) >= 11 is 0. The minimum absolute atomic E-state index is 0.00393. The van der Waals surface area contributed by atoms with Gasteiger partial charge in [0.05, 0.1) is 13.7 Å². The van der Waals surface area contributed by atoms with Gasteiger partial charge in [-0.25, -0.2) is 0 Å². The van der Waals surface area contributed by atoms with Crippen LogP contribution in [0.3, 0.4) is 0 Å². The van der Waals surface area contributed by atoms with Crippen molar-refractivity contribution in [2.75, 3.05) is 34.0 Å². The Hall–Kier alpha value is -1.75. The average molecular weight is 239 g/mol. The van der Waals surface area contributed by atoms with Crippen LogP contribution in [0.25, 0.3) is 0 Å². The second-order valence-electron chi connectivity index (χ2n) is 3.31. The zero-order valence-corrected chi connectivity index (χ0v) is 10.1. The van der Waals surface area contributed by atoms with Crippen LogP contribution < -0.4 is 14.8 Å². The number of nitrogens with one attached hydrogen (secondary N) is 1. The highest BCUT2D eigenvalue weighted by atomic mass is 16.5. The SMILES string of the molecule is COCCNC(=O)COc1ccc(OC)cc1. The van der Waals surface area contributed by atoms with Gasteiger partial charge in [-0.15, -0.1) is 0 Å². The van der Waals surface area contributed by atoms with Crippen molar-refractivity contribution >= 4 is 5.91 Å². The molecular weight excluding hydrogens is 222 g/mol. The largest absolute Gasteiger partial charge is 0.497 e. The molecule has 0 atom stereocenters. The topological polar surface area (TPSA) is 56.8 Å². The third-order valence-electron chi connectivity index (χ3n) is 2.06. The maximum atomic E-state index is 11.3. The lowest BCUT2D eigenvalue weighted by Crippen LogP contribution is -2.31. The monoisotopic (exact) mass is 239 g/mol. The Kier molecular flexibility index (Phi) is 5.88. The van der Waals surface area contributed by atoms with E-state index in [9.17, 15) is 4.79 Å². The molecule has 0 aliphatic heterocycles. The molecule has 0 spiro atoms. The van der Waals surface area contributed by atoms with Gasteiger partial charge >= 0.3 is 0 Å². The minimum Gasteiger partial charge on any atom is -0.497 e. The van der Waals surface area contributed by atoms with Crippen LogP contribution in [0, 0.1) is 0 Å². The number of benzene rings is 1. The van der Waals surface area contributed by atoms with E-state index in [0.29, 0.717) is 18.9 Å². The Balaban J connectivity index is 2.27. The lowest BCUT2D eigenvalue weighted by atomic mass is 10.3. The number of ether oxygens (including phenoxy) is 3. The molecule has 0 aliphatic rings. The predicted molar refractivity (Wildman–Crippen MR) is 63.4 cm³/mol. The fourth-order valence-electron chi connectivity index (χ4n) is 1.16. The molecule has 0 heterocycles. The predicted octanol–water partition coefficient (Wildman–Crippen LogP) is 0.837. The van der Waals surface area contributed by atoms with Crippen molar-refractivity contribution in [1.29, 1.82) is 0 Å². The van der Waals surface area contributed by atoms with Gasteiger partial charge in [0, 0.05) is 13.7 Å². The number of hydrogen-bond donors (Lipinski definition) is 1. The fourth-order valence-corrected chi connectivity index (χ4v) is 1.16. The normalized spacial score (nSPS) is 9.76. The van der Waals surface area contributed by atoms with Gasteiger partial charge in [0.25, 0.3) is 5.91 Å². The zero-order valence-electron chi connectivity index (χ0n) is 10.1. The Labute approximate surface area is 101 Å². The standard InChI is InChI=1S/C12H17NO4/c1-15-8-7-13-12(14)9-17-11-5-3-10(16-2)4-6-11/h3-6H,7-9H2,1-2H3,(H,13,14). The average Bonchev–Trinajstić information content (AvgIpc) is 2.37. The highest BCUT2D eigenvalue weighted by Crippen LogP contribution is 2.16. The summed E-state index contributed by atoms with van der Waals surface area (Å²) in [6.45, 7) is 0.978. The maximum absolute atomic E-state index is 11.3. The molecule has 0 bridgehead atoms. The number of methoxy groups -OCH3 is 2. The van der Waals surface area contributed by atoms with E-state index >= 15 is 0 Å². The maximum Gasteiger partial charge on any atom is 0.258 e. The molecule has 0 saturated heterocycles. The van der Waals surface area contributed by atoms with Gasteiger partial charge in [-0.3, -0.25) is 4.79 Å². The Bertz CT molecular complexity index is 337. The van der Waals surface area contributed by atoms with E-state index in [1.165, 1.54) is 0 Å². The minimum atomic E-state index is -0.169. The van der Waals surface area contributed by atoms with Crippen LogP contribution >= 0.6 is 0 Å². The lowest BCUT2D eigenvalue weighted by Gasteiger charge is -2.07. The highest BCUT2D eigenvalue weighted by Gasteiger charge is 2.01. The number of amides is 1. The first-order valence-electron chi connectivity index (χ1n) is 5.28. The van der Waals surface area contributed by atoms with Gasteiger partial charge in [-0.2, -0.15) is 0 Å². The van der Waals surface area contributed by atoms with Crippen LogP contribution in [0.5, 0.6) is 11.5 Å². The fraction of sp³-hybridized carbons (Fsp3) is 0.417. The molecule has 0 unspecified atom stereocenters. The summed E-state index contributed by atoms with van der Waals surface area (Å²) in [5, 5.41) is 2.66. The molecule has 17 heavy (non-hydrogen) atoms. The molecule has 0 radical (unpaired) electrons. The number of carbonyl (C=O) groups excluding carboxylic acids is 1. The second kappa shape index (κ2) is 7.51. The highest BCUT2D eigenvalue weighted by molar-refractivity contribution is 5.77. The van der Waals surface area contributed by atoms with E-state index in [0.717, 1.165) is 5.75 Å². The summed E-state index contributed by atoms with van der Waals surface area (Å²) in [7, 11) is 3.18. The van der Waals surface area contributed by atoms with Crippen molar-refractivity contribution in [2.24, 2.45) is 0 Å². The molecule has 1 rings (SSSR count). The van der Waals surface area contributed by atoms with E-state index in [1.807, 2.05) is 0 Å². The van der Waals surface area contributed by atoms with Gasteiger partial charge in [-0.05, 0) is 24.3 Å². The molecule has 5 nitrogen and oxygen atoms in total. The molecule has 0 fully saturated rings. The first-order valence-corrected chi connectivity index (χ1v) is 5.28. The first-order chi connectivity index (χ1) is 8.26. The van der Waals surface area contributed by atoms with Gasteiger partial charge < -0.3 is 19.5 Å². The zero-order chi connectivity index (χ0) is 12.5. The van der Waals surface area contributed by atoms with Crippen LogP contribution in [0.1, 0.15) is 0 Å². The van der Waals surface area contributed by atoms with Crippen LogP contribution in [-0.4, -0.2) is 39.9 Å². The summed E-state index contributed by atoms with van der Waals surface area (Å²) in [5.74, 6) is 1.22. The van der Waals surface area contributed by atoms with Crippen LogP contribution in [-0.2, 0) is 9.53 Å². The molecule has 1 aromatic carbocycles. The molecule has 1 N–H and O–H groups in total. The van der Waals surface area contributed by atoms with Crippen LogP contribution in [0.2, 0.25) is 0 Å². The van der Waals surface area contributed by atoms with E-state index < -0.39 is 0 Å². The van der Waals surface area contributed by atoms with Gasteiger partial charge in [0.15, 0.2) is 6.61 Å². The third kappa shape index (κ3) is 5.21. The Morgan fingerprint density at radius 1 is 1.18 bits per heavy atom. The van der Waals surface area contributed by atoms with Crippen LogP contribution in [0.4, 0.5) is 0 Å². The van der Waals surface area contributed by atoms with Crippen molar-refractivity contribution in [2.45, 2.75) is 0 Å². The van der Waals surface area contributed by atoms with Crippen molar-refractivity contribution in [3.63, 3.8) is 0 Å². The summed E-state index contributed by atoms with van der Waals surface area (Å²) < 4.78 is 15.1. The quantitative estimate of drug-likeness (QED) is 0.716. The van der Waals surface area contributed by atoms with Gasteiger partial charge in [-0.1, -0.05) is 0 Å². The van der Waals surface area contributed by atoms with Gasteiger partial charge in [0.1, 0.15) is 11.5 Å². The lowest BCUT2D eigenvalue weighted by molar-refractivity contribution is -0.123. The van der Waals surface area contributed by atoms with E-state index in [4.69, 9.17) is 14.2 Å². The molecule has 1 aromatic rings. The molecular formula is C12H17NO4. The van der Waals surface area contributed by atoms with E-state index in [-0.39, 0.29) is 12.5 Å². The second-order valence-corrected chi connectivity index (χ2v) is 3.31. The number of carbonyl (C=O) groups is 1. The molecule has 1 amide bonds. The summed E-state index contributed by atoms with van der Waals surface area (Å²) in [5.41, 5.74) is 0. The van der Waals surface area contributed by atoms with E-state index in [1.54, 1.807) is 38.5 Å². The van der Waals surface area contributed by atoms with Crippen LogP contribution in [0.15, 0.2) is 24.3 Å². The van der Waals surface area contributed by atoms with Crippen molar-refractivity contribution < 1.29 is 19.0 Å². The third-order valence-corrected chi connectivity index (χ3v) is 2.06. The summed E-state index contributed by atoms with van der Waals surface area (Å²) in [6.07, 6.45) is 0. The molecule has 0 aromatic heterocycles. The Morgan fingerprint density at radius 3 is 2.41 bits per heavy atom. The molecule has 94 valence electrons. The smallest absolute Gasteiger partial charge is 0.258 e. The van der Waals surface area contributed by atoms with Gasteiger partial charge in [0.2, 0.25) is 0 Å². The molecule has 0 aliphatic carbocycles. The number of hydrogen-bond acceptors (Lipinski definition) is 4. The van der Waals surface area contributed by atoms with Crippen molar-refractivity contribution in [3.8, 4) is 11.5 Å². The molecule has 5 heteroatoms. The van der Waals surface area contributed by atoms with E-state index in [2.05, 4.69) is 5.32 Å². The Morgan fingerprint density at radius 2 is 1.82 bits per heavy atom. The molecule has 0 saturated carbocycles. The summed E-state index contributed by atoms with van der Waals surface area (Å²) in [4.78, 5) is 11.3.